The summed E-state index contributed by atoms with van der Waals surface area (Å²) in [4.78, 5) is 26.0. The van der Waals surface area contributed by atoms with Gasteiger partial charge in [-0.3, -0.25) is 9.78 Å². The minimum absolute atomic E-state index is 0.0342. The molecule has 5 nitrogen and oxygen atoms in total. The first-order chi connectivity index (χ1) is 10.1. The van der Waals surface area contributed by atoms with E-state index in [9.17, 15) is 4.79 Å². The van der Waals surface area contributed by atoms with Gasteiger partial charge in [0.25, 0.3) is 5.91 Å². The molecule has 5 heteroatoms. The number of nitrogens with one attached hydrogen (secondary N) is 1. The van der Waals surface area contributed by atoms with Gasteiger partial charge in [-0.05, 0) is 19.1 Å². The van der Waals surface area contributed by atoms with Crippen LogP contribution in [0.5, 0.6) is 0 Å². The Kier molecular flexibility index (Phi) is 3.39. The van der Waals surface area contributed by atoms with Crippen LogP contribution in [0.15, 0.2) is 42.7 Å². The van der Waals surface area contributed by atoms with Crippen molar-refractivity contribution in [2.75, 3.05) is 7.05 Å². The van der Waals surface area contributed by atoms with E-state index in [1.54, 1.807) is 24.3 Å². The molecule has 0 aliphatic carbocycles. The number of fused-ring (bicyclic) bond motifs is 1. The summed E-state index contributed by atoms with van der Waals surface area (Å²) in [5, 5.41) is 0.874. The van der Waals surface area contributed by atoms with Gasteiger partial charge in [-0.15, -0.1) is 0 Å². The number of aryl methyl sites for hydroxylation is 1. The number of nitrogens with zero attached hydrogens (tertiary/aromatic N) is 3. The predicted molar refractivity (Wildman–Crippen MR) is 80.9 cm³/mol. The van der Waals surface area contributed by atoms with Crippen LogP contribution in [0.25, 0.3) is 10.9 Å². The molecule has 1 amide bonds. The monoisotopic (exact) mass is 280 g/mol. The molecule has 0 atom stereocenters. The van der Waals surface area contributed by atoms with E-state index < -0.39 is 0 Å². The molecule has 2 heterocycles. The second-order valence-corrected chi connectivity index (χ2v) is 5.03. The van der Waals surface area contributed by atoms with Crippen LogP contribution in [0.3, 0.4) is 0 Å². The minimum Gasteiger partial charge on any atom is -0.347 e. The topological polar surface area (TPSA) is 61.9 Å². The van der Waals surface area contributed by atoms with Crippen LogP contribution < -0.4 is 0 Å². The molecule has 0 spiro atoms. The number of imidazole rings is 1. The van der Waals surface area contributed by atoms with Gasteiger partial charge in [0.1, 0.15) is 5.82 Å². The molecule has 1 N–H and O–H groups in total. The molecule has 0 fully saturated rings. The van der Waals surface area contributed by atoms with Crippen molar-refractivity contribution in [3.8, 4) is 0 Å². The fourth-order valence-corrected chi connectivity index (χ4v) is 2.37. The first-order valence-electron chi connectivity index (χ1n) is 6.75. The fourth-order valence-electron chi connectivity index (χ4n) is 2.37. The van der Waals surface area contributed by atoms with E-state index in [1.165, 1.54) is 0 Å². The number of hydrogen-bond donors (Lipinski definition) is 1. The summed E-state index contributed by atoms with van der Waals surface area (Å²) in [5.41, 5.74) is 2.35. The minimum atomic E-state index is -0.0342. The maximum absolute atomic E-state index is 12.7. The van der Waals surface area contributed by atoms with Gasteiger partial charge in [-0.1, -0.05) is 18.2 Å². The number of hydrogen-bond acceptors (Lipinski definition) is 3. The highest BCUT2D eigenvalue weighted by Gasteiger charge is 2.16. The number of para-hydroxylation sites is 1. The maximum Gasteiger partial charge on any atom is 0.254 e. The molecule has 0 saturated heterocycles. The Morgan fingerprint density at radius 3 is 2.90 bits per heavy atom. The van der Waals surface area contributed by atoms with Gasteiger partial charge < -0.3 is 9.88 Å². The fraction of sp³-hybridized carbons (Fsp3) is 0.188. The van der Waals surface area contributed by atoms with E-state index in [1.807, 2.05) is 37.3 Å². The van der Waals surface area contributed by atoms with Crippen LogP contribution in [-0.4, -0.2) is 32.8 Å². The summed E-state index contributed by atoms with van der Waals surface area (Å²) < 4.78 is 0. The Morgan fingerprint density at radius 2 is 2.14 bits per heavy atom. The molecule has 2 aromatic heterocycles. The lowest BCUT2D eigenvalue weighted by atomic mass is 10.1. The lowest BCUT2D eigenvalue weighted by Crippen LogP contribution is -2.27. The second-order valence-electron chi connectivity index (χ2n) is 5.03. The Labute approximate surface area is 122 Å². The third-order valence-electron chi connectivity index (χ3n) is 3.36. The van der Waals surface area contributed by atoms with E-state index in [4.69, 9.17) is 0 Å². The normalized spacial score (nSPS) is 10.8. The van der Waals surface area contributed by atoms with Gasteiger partial charge in [0.15, 0.2) is 0 Å². The smallest absolute Gasteiger partial charge is 0.254 e. The quantitative estimate of drug-likeness (QED) is 0.802. The van der Waals surface area contributed by atoms with Gasteiger partial charge in [-0.25, -0.2) is 4.98 Å². The Morgan fingerprint density at radius 1 is 1.33 bits per heavy atom. The van der Waals surface area contributed by atoms with Crippen LogP contribution in [0.1, 0.15) is 21.9 Å². The van der Waals surface area contributed by atoms with Crippen molar-refractivity contribution >= 4 is 16.8 Å². The van der Waals surface area contributed by atoms with E-state index >= 15 is 0 Å². The summed E-state index contributed by atoms with van der Waals surface area (Å²) in [7, 11) is 1.77. The van der Waals surface area contributed by atoms with Crippen LogP contribution in [-0.2, 0) is 6.54 Å². The third kappa shape index (κ3) is 2.63. The van der Waals surface area contributed by atoms with Gasteiger partial charge >= 0.3 is 0 Å². The number of carbonyl (C=O) groups is 1. The Bertz CT molecular complexity index is 780. The first kappa shape index (κ1) is 13.3. The lowest BCUT2D eigenvalue weighted by molar-refractivity contribution is 0.0783. The highest BCUT2D eigenvalue weighted by molar-refractivity contribution is 6.06. The summed E-state index contributed by atoms with van der Waals surface area (Å²) >= 11 is 0. The number of rotatable bonds is 3. The number of aromatic amines is 1. The zero-order chi connectivity index (χ0) is 14.8. The summed E-state index contributed by atoms with van der Waals surface area (Å²) in [6.45, 7) is 2.34. The molecule has 3 aromatic rings. The highest BCUT2D eigenvalue weighted by Crippen LogP contribution is 2.19. The van der Waals surface area contributed by atoms with E-state index in [2.05, 4.69) is 15.0 Å². The van der Waals surface area contributed by atoms with E-state index in [0.717, 1.165) is 22.4 Å². The highest BCUT2D eigenvalue weighted by atomic mass is 16.2. The van der Waals surface area contributed by atoms with Crippen molar-refractivity contribution in [3.63, 3.8) is 0 Å². The molecule has 0 aliphatic rings. The lowest BCUT2D eigenvalue weighted by Gasteiger charge is -2.17. The van der Waals surface area contributed by atoms with Crippen molar-refractivity contribution in [3.05, 3.63) is 59.8 Å². The van der Waals surface area contributed by atoms with Crippen molar-refractivity contribution in [1.82, 2.24) is 19.9 Å². The number of amides is 1. The molecule has 106 valence electrons. The largest absolute Gasteiger partial charge is 0.347 e. The maximum atomic E-state index is 12.7. The summed E-state index contributed by atoms with van der Waals surface area (Å²) in [6.07, 6.45) is 3.43. The number of H-pyrrole nitrogens is 1. The number of benzene rings is 1. The van der Waals surface area contributed by atoms with Gasteiger partial charge in [0.2, 0.25) is 0 Å². The SMILES string of the molecule is Cc1cc(C(=O)N(C)Cc2ncc[nH]2)c2ccccc2n1. The van der Waals surface area contributed by atoms with Crippen molar-refractivity contribution in [2.45, 2.75) is 13.5 Å². The predicted octanol–water partition coefficient (Wildman–Crippen LogP) is 2.54. The average molecular weight is 280 g/mol. The van der Waals surface area contributed by atoms with Crippen LogP contribution in [0.4, 0.5) is 0 Å². The molecule has 0 aliphatic heterocycles. The summed E-state index contributed by atoms with van der Waals surface area (Å²) in [5.74, 6) is 0.731. The molecule has 0 bridgehead atoms. The number of pyridine rings is 1. The number of carbonyl (C=O) groups excluding carboxylic acids is 1. The molecule has 0 unspecified atom stereocenters. The Balaban J connectivity index is 1.97. The van der Waals surface area contributed by atoms with Crippen LogP contribution in [0, 0.1) is 6.92 Å². The molecule has 21 heavy (non-hydrogen) atoms. The molecule has 3 rings (SSSR count). The number of aromatic nitrogens is 3. The van der Waals surface area contributed by atoms with E-state index in [-0.39, 0.29) is 5.91 Å². The Hall–Kier alpha value is -2.69. The third-order valence-corrected chi connectivity index (χ3v) is 3.36. The standard InChI is InChI=1S/C16H16N4O/c1-11-9-13(12-5-3-4-6-14(12)19-11)16(21)20(2)10-15-17-7-8-18-15/h3-9H,10H2,1-2H3,(H,17,18). The molecule has 0 radical (unpaired) electrons. The van der Waals surface area contributed by atoms with Gasteiger partial charge in [0, 0.05) is 30.5 Å². The molecular formula is C16H16N4O. The van der Waals surface area contributed by atoms with Gasteiger partial charge in [-0.2, -0.15) is 0 Å². The second kappa shape index (κ2) is 5.36. The summed E-state index contributed by atoms with van der Waals surface area (Å²) in [6, 6.07) is 9.53. The zero-order valence-corrected chi connectivity index (χ0v) is 12.0. The zero-order valence-electron chi connectivity index (χ0n) is 12.0. The van der Waals surface area contributed by atoms with Gasteiger partial charge in [0.05, 0.1) is 17.6 Å². The van der Waals surface area contributed by atoms with Crippen molar-refractivity contribution in [2.24, 2.45) is 0 Å². The molecular weight excluding hydrogens is 264 g/mol. The first-order valence-corrected chi connectivity index (χ1v) is 6.75. The molecule has 1 aromatic carbocycles. The average Bonchev–Trinajstić information content (AvgIpc) is 2.98. The van der Waals surface area contributed by atoms with Crippen molar-refractivity contribution < 1.29 is 4.79 Å². The van der Waals surface area contributed by atoms with E-state index in [0.29, 0.717) is 12.1 Å². The van der Waals surface area contributed by atoms with Crippen molar-refractivity contribution in [1.29, 1.82) is 0 Å². The van der Waals surface area contributed by atoms with Crippen LogP contribution in [0.2, 0.25) is 0 Å². The molecule has 0 saturated carbocycles. The van der Waals surface area contributed by atoms with Crippen LogP contribution >= 0.6 is 0 Å².